The Kier molecular flexibility index (Phi) is 7.54. The zero-order valence-corrected chi connectivity index (χ0v) is 21.5. The van der Waals surface area contributed by atoms with E-state index in [1.54, 1.807) is 9.80 Å². The van der Waals surface area contributed by atoms with Crippen molar-refractivity contribution in [3.63, 3.8) is 0 Å². The third-order valence-corrected chi connectivity index (χ3v) is 7.76. The van der Waals surface area contributed by atoms with Gasteiger partial charge in [0.05, 0.1) is 5.69 Å². The fraction of sp³-hybridized carbons (Fsp3) is 0.387. The summed E-state index contributed by atoms with van der Waals surface area (Å²) in [6.45, 7) is 2.28. The average molecular weight is 498 g/mol. The van der Waals surface area contributed by atoms with Crippen LogP contribution in [0.3, 0.4) is 0 Å². The molecule has 1 aliphatic carbocycles. The monoisotopic (exact) mass is 497 g/mol. The molecule has 6 nitrogen and oxygen atoms in total. The van der Waals surface area contributed by atoms with E-state index in [9.17, 15) is 14.4 Å². The number of hydrogen-bond acceptors (Lipinski definition) is 3. The minimum atomic E-state index is -0.575. The molecule has 0 bridgehead atoms. The van der Waals surface area contributed by atoms with Gasteiger partial charge >= 0.3 is 0 Å². The molecule has 1 N–H and O–H groups in total. The maximum atomic E-state index is 13.9. The van der Waals surface area contributed by atoms with E-state index in [2.05, 4.69) is 5.32 Å². The summed E-state index contributed by atoms with van der Waals surface area (Å²) in [5, 5.41) is 5.10. The van der Waals surface area contributed by atoms with Crippen molar-refractivity contribution in [3.05, 3.63) is 77.9 Å². The van der Waals surface area contributed by atoms with E-state index in [1.165, 1.54) is 6.42 Å². The van der Waals surface area contributed by atoms with Gasteiger partial charge in [-0.1, -0.05) is 80.8 Å². The van der Waals surface area contributed by atoms with Crippen LogP contribution >= 0.6 is 0 Å². The van der Waals surface area contributed by atoms with Gasteiger partial charge in [0, 0.05) is 23.5 Å². The summed E-state index contributed by atoms with van der Waals surface area (Å²) in [7, 11) is 0. The number of rotatable bonds is 9. The van der Waals surface area contributed by atoms with Crippen LogP contribution in [-0.2, 0) is 16.0 Å². The highest BCUT2D eigenvalue weighted by atomic mass is 16.2. The summed E-state index contributed by atoms with van der Waals surface area (Å²) < 4.78 is 0. The molecule has 1 aliphatic heterocycles. The van der Waals surface area contributed by atoms with E-state index < -0.39 is 6.04 Å². The second-order valence-corrected chi connectivity index (χ2v) is 10.2. The predicted octanol–water partition coefficient (Wildman–Crippen LogP) is 5.10. The summed E-state index contributed by atoms with van der Waals surface area (Å²) in [4.78, 5) is 43.9. The van der Waals surface area contributed by atoms with Crippen LogP contribution in [0.5, 0.6) is 0 Å². The first kappa shape index (κ1) is 25.0. The molecule has 0 radical (unpaired) electrons. The summed E-state index contributed by atoms with van der Waals surface area (Å²) in [6.07, 6.45) is 6.61. The normalized spacial score (nSPS) is 16.1. The Labute approximate surface area is 218 Å². The third kappa shape index (κ3) is 5.24. The maximum Gasteiger partial charge on any atom is 0.259 e. The van der Waals surface area contributed by atoms with E-state index in [-0.39, 0.29) is 30.3 Å². The number of hydrogen-bond donors (Lipinski definition) is 1. The van der Waals surface area contributed by atoms with Gasteiger partial charge < -0.3 is 10.2 Å². The fourth-order valence-corrected chi connectivity index (χ4v) is 5.80. The molecular formula is C31H35N3O3. The van der Waals surface area contributed by atoms with Gasteiger partial charge in [-0.05, 0) is 48.8 Å². The van der Waals surface area contributed by atoms with Crippen LogP contribution in [0.2, 0.25) is 0 Å². The number of amides is 3. The quantitative estimate of drug-likeness (QED) is 0.447. The summed E-state index contributed by atoms with van der Waals surface area (Å²) >= 11 is 0. The first-order valence-electron chi connectivity index (χ1n) is 13.5. The molecule has 2 aliphatic rings. The van der Waals surface area contributed by atoms with Crippen LogP contribution in [0.25, 0.3) is 10.8 Å². The van der Waals surface area contributed by atoms with Crippen LogP contribution in [-0.4, -0.2) is 47.8 Å². The standard InChI is InChI=1S/C31H35N3O3/c1-2-26(30(36)32-24-15-7-4-8-16-24)33(20-19-22-11-5-3-6-12-22)28(35)21-34-27-18-10-14-23-13-9-17-25(29(23)27)31(34)37/h3,5-6,9-14,17-18,24,26H,2,4,7-8,15-16,19-21H2,1H3,(H,32,36)/t26-/m0/s1. The highest BCUT2D eigenvalue weighted by Crippen LogP contribution is 2.37. The molecule has 0 unspecified atom stereocenters. The highest BCUT2D eigenvalue weighted by Gasteiger charge is 2.35. The van der Waals surface area contributed by atoms with Gasteiger partial charge in [-0.3, -0.25) is 19.3 Å². The molecule has 1 atom stereocenters. The molecule has 1 saturated carbocycles. The lowest BCUT2D eigenvalue weighted by Gasteiger charge is -2.33. The number of nitrogens with zero attached hydrogens (tertiary/aromatic N) is 2. The van der Waals surface area contributed by atoms with E-state index in [1.807, 2.05) is 73.7 Å². The number of nitrogens with one attached hydrogen (secondary N) is 1. The van der Waals surface area contributed by atoms with Crippen LogP contribution in [0.15, 0.2) is 66.7 Å². The zero-order valence-electron chi connectivity index (χ0n) is 21.5. The molecule has 0 spiro atoms. The van der Waals surface area contributed by atoms with Crippen LogP contribution < -0.4 is 10.2 Å². The molecule has 3 amide bonds. The molecule has 1 heterocycles. The Balaban J connectivity index is 1.38. The SMILES string of the molecule is CC[C@@H](C(=O)NC1CCCCC1)N(CCc1ccccc1)C(=O)CN1C(=O)c2cccc3cccc1c23. The van der Waals surface area contributed by atoms with Gasteiger partial charge in [-0.25, -0.2) is 0 Å². The number of carbonyl (C=O) groups is 3. The minimum Gasteiger partial charge on any atom is -0.352 e. The Morgan fingerprint density at radius 2 is 1.70 bits per heavy atom. The Morgan fingerprint density at radius 1 is 0.973 bits per heavy atom. The number of carbonyl (C=O) groups excluding carboxylic acids is 3. The Bertz CT molecular complexity index is 1280. The molecule has 5 rings (SSSR count). The fourth-order valence-electron chi connectivity index (χ4n) is 5.80. The summed E-state index contributed by atoms with van der Waals surface area (Å²) in [5.41, 5.74) is 2.49. The lowest BCUT2D eigenvalue weighted by atomic mass is 9.95. The van der Waals surface area contributed by atoms with Crippen LogP contribution in [0.4, 0.5) is 5.69 Å². The average Bonchev–Trinajstić information content (AvgIpc) is 3.20. The molecule has 0 saturated heterocycles. The van der Waals surface area contributed by atoms with Crippen molar-refractivity contribution in [2.45, 2.75) is 64.0 Å². The van der Waals surface area contributed by atoms with Gasteiger partial charge in [0.1, 0.15) is 12.6 Å². The Morgan fingerprint density at radius 3 is 2.43 bits per heavy atom. The van der Waals surface area contributed by atoms with E-state index in [4.69, 9.17) is 0 Å². The number of benzene rings is 3. The lowest BCUT2D eigenvalue weighted by Crippen LogP contribution is -2.54. The first-order valence-corrected chi connectivity index (χ1v) is 13.5. The smallest absolute Gasteiger partial charge is 0.259 e. The van der Waals surface area contributed by atoms with Crippen molar-refractivity contribution in [2.24, 2.45) is 0 Å². The van der Waals surface area contributed by atoms with Crippen LogP contribution in [0.1, 0.15) is 61.4 Å². The summed E-state index contributed by atoms with van der Waals surface area (Å²) in [6, 6.07) is 21.1. The molecule has 3 aromatic carbocycles. The van der Waals surface area contributed by atoms with Crippen molar-refractivity contribution in [2.75, 3.05) is 18.0 Å². The van der Waals surface area contributed by atoms with Crippen molar-refractivity contribution in [1.29, 1.82) is 0 Å². The minimum absolute atomic E-state index is 0.0887. The first-order chi connectivity index (χ1) is 18.1. The second kappa shape index (κ2) is 11.2. The van der Waals surface area contributed by atoms with Crippen molar-refractivity contribution >= 4 is 34.2 Å². The lowest BCUT2D eigenvalue weighted by molar-refractivity contribution is -0.140. The molecule has 0 aromatic heterocycles. The van der Waals surface area contributed by atoms with Crippen molar-refractivity contribution in [1.82, 2.24) is 10.2 Å². The molecular weight excluding hydrogens is 462 g/mol. The third-order valence-electron chi connectivity index (χ3n) is 7.76. The van der Waals surface area contributed by atoms with Crippen molar-refractivity contribution in [3.8, 4) is 0 Å². The van der Waals surface area contributed by atoms with Gasteiger partial charge in [0.25, 0.3) is 5.91 Å². The topological polar surface area (TPSA) is 69.7 Å². The summed E-state index contributed by atoms with van der Waals surface area (Å²) in [5.74, 6) is -0.462. The molecule has 192 valence electrons. The largest absolute Gasteiger partial charge is 0.352 e. The van der Waals surface area contributed by atoms with E-state index >= 15 is 0 Å². The molecule has 1 fully saturated rings. The molecule has 6 heteroatoms. The van der Waals surface area contributed by atoms with Gasteiger partial charge in [0.2, 0.25) is 11.8 Å². The van der Waals surface area contributed by atoms with Gasteiger partial charge in [-0.15, -0.1) is 0 Å². The number of anilines is 1. The highest BCUT2D eigenvalue weighted by molar-refractivity contribution is 6.26. The molecule has 37 heavy (non-hydrogen) atoms. The van der Waals surface area contributed by atoms with Crippen molar-refractivity contribution < 1.29 is 14.4 Å². The maximum absolute atomic E-state index is 13.9. The molecule has 3 aromatic rings. The van der Waals surface area contributed by atoms with Crippen LogP contribution in [0, 0.1) is 0 Å². The van der Waals surface area contributed by atoms with E-state index in [0.717, 1.165) is 47.7 Å². The van der Waals surface area contributed by atoms with Gasteiger partial charge in [-0.2, -0.15) is 0 Å². The predicted molar refractivity (Wildman–Crippen MR) is 147 cm³/mol. The van der Waals surface area contributed by atoms with E-state index in [0.29, 0.717) is 24.9 Å². The second-order valence-electron chi connectivity index (χ2n) is 10.2. The van der Waals surface area contributed by atoms with Gasteiger partial charge in [0.15, 0.2) is 0 Å². The Hall–Kier alpha value is -3.67. The zero-order chi connectivity index (χ0) is 25.8.